The van der Waals surface area contributed by atoms with Gasteiger partial charge in [-0.2, -0.15) is 0 Å². The van der Waals surface area contributed by atoms with Crippen molar-refractivity contribution in [2.24, 2.45) is 0 Å². The maximum Gasteiger partial charge on any atom is 0.173 e. The average Bonchev–Trinajstić information content (AvgIpc) is 3.12. The van der Waals surface area contributed by atoms with E-state index in [9.17, 15) is 0 Å². The minimum absolute atomic E-state index is 0.851. The fraction of sp³-hybridized carbons (Fsp3) is 0.450. The molecule has 1 aromatic carbocycles. The van der Waals surface area contributed by atoms with Crippen LogP contribution in [0.5, 0.6) is 0 Å². The van der Waals surface area contributed by atoms with Crippen LogP contribution in [-0.2, 0) is 6.42 Å². The van der Waals surface area contributed by atoms with E-state index in [4.69, 9.17) is 12.2 Å². The number of anilines is 1. The molecule has 0 amide bonds. The highest BCUT2D eigenvalue weighted by Gasteiger charge is 2.19. The summed E-state index contributed by atoms with van der Waals surface area (Å²) < 4.78 is 0. The van der Waals surface area contributed by atoms with E-state index in [-0.39, 0.29) is 0 Å². The van der Waals surface area contributed by atoms with Gasteiger partial charge in [0, 0.05) is 43.3 Å². The lowest BCUT2D eigenvalue weighted by molar-refractivity contribution is 0.186. The number of piperazine rings is 1. The first kappa shape index (κ1) is 18.4. The molecular weight excluding hydrogens is 346 g/mol. The van der Waals surface area contributed by atoms with E-state index < -0.39 is 0 Å². The van der Waals surface area contributed by atoms with Crippen molar-refractivity contribution in [3.05, 3.63) is 51.2 Å². The molecule has 1 fully saturated rings. The molecule has 1 aliphatic heterocycles. The molecule has 0 bridgehead atoms. The molecule has 1 saturated heterocycles. The van der Waals surface area contributed by atoms with Crippen LogP contribution in [-0.4, -0.2) is 47.6 Å². The van der Waals surface area contributed by atoms with Gasteiger partial charge >= 0.3 is 0 Å². The molecule has 2 heterocycles. The summed E-state index contributed by atoms with van der Waals surface area (Å²) in [4.78, 5) is 6.32. The summed E-state index contributed by atoms with van der Waals surface area (Å²) in [6.45, 7) is 11.7. The molecule has 0 aliphatic carbocycles. The van der Waals surface area contributed by atoms with Crippen LogP contribution >= 0.6 is 23.6 Å². The molecule has 0 radical (unpaired) electrons. The predicted molar refractivity (Wildman–Crippen MR) is 113 cm³/mol. The molecule has 0 spiro atoms. The summed E-state index contributed by atoms with van der Waals surface area (Å²) in [7, 11) is 0. The molecule has 0 saturated carbocycles. The lowest BCUT2D eigenvalue weighted by atomic mass is 10.1. The average molecular weight is 374 g/mol. The third kappa shape index (κ3) is 4.81. The quantitative estimate of drug-likeness (QED) is 0.808. The van der Waals surface area contributed by atoms with Gasteiger partial charge in [0.05, 0.1) is 0 Å². The van der Waals surface area contributed by atoms with Gasteiger partial charge < -0.3 is 10.2 Å². The lowest BCUT2D eigenvalue weighted by Crippen LogP contribution is -2.50. The van der Waals surface area contributed by atoms with Gasteiger partial charge in [-0.15, -0.1) is 11.3 Å². The Kier molecular flexibility index (Phi) is 6.10. The fourth-order valence-electron chi connectivity index (χ4n) is 3.19. The molecule has 134 valence electrons. The first-order valence-corrected chi connectivity index (χ1v) is 10.2. The highest BCUT2D eigenvalue weighted by atomic mass is 32.1. The van der Waals surface area contributed by atoms with Crippen molar-refractivity contribution in [2.75, 3.05) is 38.0 Å². The number of aryl methyl sites for hydroxylation is 3. The zero-order valence-electron chi connectivity index (χ0n) is 15.3. The molecule has 5 heteroatoms. The molecular formula is C20H27N3S2. The summed E-state index contributed by atoms with van der Waals surface area (Å²) in [6, 6.07) is 8.79. The number of thiophene rings is 1. The van der Waals surface area contributed by atoms with Gasteiger partial charge in [0.1, 0.15) is 0 Å². The standard InChI is InChI=1S/C20H27N3S2/c1-15-13-17(3)19(14-16(15)2)21-20(24)23-10-8-22(9-11-23)7-6-18-5-4-12-25-18/h4-5,12-14H,6-11H2,1-3H3,(H,21,24). The van der Waals surface area contributed by atoms with Gasteiger partial charge in [-0.05, 0) is 73.6 Å². The van der Waals surface area contributed by atoms with E-state index in [0.717, 1.165) is 49.9 Å². The molecule has 1 aliphatic rings. The topological polar surface area (TPSA) is 18.5 Å². The van der Waals surface area contributed by atoms with Crippen molar-refractivity contribution < 1.29 is 0 Å². The zero-order valence-corrected chi connectivity index (χ0v) is 17.0. The largest absolute Gasteiger partial charge is 0.346 e. The molecule has 3 nitrogen and oxygen atoms in total. The number of hydrogen-bond acceptors (Lipinski definition) is 3. The summed E-state index contributed by atoms with van der Waals surface area (Å²) in [5, 5.41) is 6.47. The Morgan fingerprint density at radius 3 is 2.48 bits per heavy atom. The second-order valence-electron chi connectivity index (χ2n) is 6.84. The number of hydrogen-bond donors (Lipinski definition) is 1. The summed E-state index contributed by atoms with van der Waals surface area (Å²) in [5.41, 5.74) is 5.01. The third-order valence-corrected chi connectivity index (χ3v) is 6.29. The summed E-state index contributed by atoms with van der Waals surface area (Å²) >= 11 is 7.51. The van der Waals surface area contributed by atoms with E-state index in [1.54, 1.807) is 0 Å². The Hall–Kier alpha value is -1.43. The minimum Gasteiger partial charge on any atom is -0.346 e. The Balaban J connectivity index is 1.49. The number of thiocarbonyl (C=S) groups is 1. The second kappa shape index (κ2) is 8.30. The Labute approximate surface area is 160 Å². The first-order chi connectivity index (χ1) is 12.0. The normalized spacial score (nSPS) is 15.4. The maximum absolute atomic E-state index is 5.66. The van der Waals surface area contributed by atoms with Crippen molar-refractivity contribution in [3.8, 4) is 0 Å². The smallest absolute Gasteiger partial charge is 0.173 e. The van der Waals surface area contributed by atoms with Crippen molar-refractivity contribution in [1.29, 1.82) is 0 Å². The van der Waals surface area contributed by atoms with Gasteiger partial charge in [0.15, 0.2) is 5.11 Å². The zero-order chi connectivity index (χ0) is 17.8. The highest BCUT2D eigenvalue weighted by Crippen LogP contribution is 2.21. The molecule has 2 aromatic rings. The summed E-state index contributed by atoms with van der Waals surface area (Å²) in [5.74, 6) is 0. The van der Waals surface area contributed by atoms with Crippen LogP contribution in [0.1, 0.15) is 21.6 Å². The van der Waals surface area contributed by atoms with Gasteiger partial charge in [-0.1, -0.05) is 12.1 Å². The van der Waals surface area contributed by atoms with Gasteiger partial charge in [-0.3, -0.25) is 4.90 Å². The highest BCUT2D eigenvalue weighted by molar-refractivity contribution is 7.80. The number of nitrogens with zero attached hydrogens (tertiary/aromatic N) is 2. The number of benzene rings is 1. The predicted octanol–water partition coefficient (Wildman–Crippen LogP) is 4.23. The van der Waals surface area contributed by atoms with E-state index in [1.807, 2.05) is 11.3 Å². The Bertz CT molecular complexity index is 717. The molecule has 3 rings (SSSR count). The van der Waals surface area contributed by atoms with E-state index >= 15 is 0 Å². The number of nitrogens with one attached hydrogen (secondary N) is 1. The SMILES string of the molecule is Cc1cc(C)c(NC(=S)N2CCN(CCc3cccs3)CC2)cc1C. The molecule has 1 N–H and O–H groups in total. The molecule has 25 heavy (non-hydrogen) atoms. The second-order valence-corrected chi connectivity index (χ2v) is 8.26. The monoisotopic (exact) mass is 373 g/mol. The van der Waals surface area contributed by atoms with Gasteiger partial charge in [0.25, 0.3) is 0 Å². The van der Waals surface area contributed by atoms with Crippen LogP contribution in [0, 0.1) is 20.8 Å². The van der Waals surface area contributed by atoms with E-state index in [2.05, 4.69) is 65.5 Å². The van der Waals surface area contributed by atoms with Crippen LogP contribution in [0.4, 0.5) is 5.69 Å². The van der Waals surface area contributed by atoms with Crippen molar-refractivity contribution >= 4 is 34.4 Å². The van der Waals surface area contributed by atoms with Crippen molar-refractivity contribution in [3.63, 3.8) is 0 Å². The summed E-state index contributed by atoms with van der Waals surface area (Å²) in [6.07, 6.45) is 1.15. The third-order valence-electron chi connectivity index (χ3n) is 5.00. The van der Waals surface area contributed by atoms with Crippen molar-refractivity contribution in [1.82, 2.24) is 9.80 Å². The van der Waals surface area contributed by atoms with Crippen LogP contribution in [0.25, 0.3) is 0 Å². The van der Waals surface area contributed by atoms with Crippen LogP contribution in [0.2, 0.25) is 0 Å². The Morgan fingerprint density at radius 2 is 1.80 bits per heavy atom. The van der Waals surface area contributed by atoms with Crippen molar-refractivity contribution in [2.45, 2.75) is 27.2 Å². The van der Waals surface area contributed by atoms with Gasteiger partial charge in [-0.25, -0.2) is 0 Å². The fourth-order valence-corrected chi connectivity index (χ4v) is 4.18. The van der Waals surface area contributed by atoms with E-state index in [0.29, 0.717) is 0 Å². The van der Waals surface area contributed by atoms with Crippen LogP contribution in [0.15, 0.2) is 29.6 Å². The van der Waals surface area contributed by atoms with Gasteiger partial charge in [0.2, 0.25) is 0 Å². The molecule has 0 unspecified atom stereocenters. The number of rotatable bonds is 4. The maximum atomic E-state index is 5.66. The molecule has 1 aromatic heterocycles. The lowest BCUT2D eigenvalue weighted by Gasteiger charge is -2.36. The Morgan fingerprint density at radius 1 is 1.08 bits per heavy atom. The van der Waals surface area contributed by atoms with E-state index in [1.165, 1.54) is 21.6 Å². The first-order valence-electron chi connectivity index (χ1n) is 8.91. The minimum atomic E-state index is 0.851. The molecule has 0 atom stereocenters. The van der Waals surface area contributed by atoms with Crippen LogP contribution in [0.3, 0.4) is 0 Å². The van der Waals surface area contributed by atoms with Crippen LogP contribution < -0.4 is 5.32 Å².